The number of aliphatic hydroxyl groups is 1. The van der Waals surface area contributed by atoms with Crippen molar-refractivity contribution in [3.63, 3.8) is 0 Å². The van der Waals surface area contributed by atoms with Crippen molar-refractivity contribution < 1.29 is 9.90 Å². The van der Waals surface area contributed by atoms with Crippen molar-refractivity contribution in [2.75, 3.05) is 13.2 Å². The van der Waals surface area contributed by atoms with Crippen LogP contribution in [-0.4, -0.2) is 50.1 Å². The molecule has 0 bridgehead atoms. The third kappa shape index (κ3) is 3.51. The number of nitrogens with zero attached hydrogens (tertiary/aromatic N) is 4. The first-order valence-electron chi connectivity index (χ1n) is 6.74. The number of aliphatic hydroxyl groups excluding tert-OH is 1. The Bertz CT molecular complexity index is 418. The summed E-state index contributed by atoms with van der Waals surface area (Å²) in [6, 6.07) is 0.156. The maximum absolute atomic E-state index is 12.3. The molecule has 7 nitrogen and oxygen atoms in total. The number of carbonyl (C=O) groups is 1. The fourth-order valence-corrected chi connectivity index (χ4v) is 2.52. The molecule has 1 aliphatic rings. The minimum atomic E-state index is 0.0339. The summed E-state index contributed by atoms with van der Waals surface area (Å²) in [6.45, 7) is 1.40. The first-order chi connectivity index (χ1) is 9.24. The Morgan fingerprint density at radius 1 is 1.53 bits per heavy atom. The average Bonchev–Trinajstić information content (AvgIpc) is 2.87. The molecule has 7 heteroatoms. The highest BCUT2D eigenvalue weighted by Gasteiger charge is 2.26. The zero-order valence-electron chi connectivity index (χ0n) is 11.0. The Kier molecular flexibility index (Phi) is 4.86. The molecule has 19 heavy (non-hydrogen) atoms. The fourth-order valence-electron chi connectivity index (χ4n) is 2.52. The monoisotopic (exact) mass is 267 g/mol. The second-order valence-corrected chi connectivity index (χ2v) is 4.86. The van der Waals surface area contributed by atoms with Crippen LogP contribution in [0.4, 0.5) is 0 Å². The molecule has 0 aliphatic carbocycles. The summed E-state index contributed by atoms with van der Waals surface area (Å²) >= 11 is 0. The molecule has 1 fully saturated rings. The van der Waals surface area contributed by atoms with E-state index in [0.29, 0.717) is 18.7 Å². The van der Waals surface area contributed by atoms with Crippen molar-refractivity contribution >= 4 is 5.91 Å². The molecule has 1 unspecified atom stereocenters. The van der Waals surface area contributed by atoms with Crippen LogP contribution in [-0.2, 0) is 17.9 Å². The number of amides is 1. The average molecular weight is 267 g/mol. The van der Waals surface area contributed by atoms with E-state index < -0.39 is 0 Å². The van der Waals surface area contributed by atoms with Gasteiger partial charge in [-0.15, -0.1) is 5.10 Å². The molecule has 0 spiro atoms. The summed E-state index contributed by atoms with van der Waals surface area (Å²) < 4.78 is 1.52. The van der Waals surface area contributed by atoms with Crippen LogP contribution >= 0.6 is 0 Å². The van der Waals surface area contributed by atoms with E-state index in [4.69, 9.17) is 10.8 Å². The lowest BCUT2D eigenvalue weighted by Crippen LogP contribution is -2.45. The number of aromatic nitrogens is 3. The van der Waals surface area contributed by atoms with Crippen molar-refractivity contribution in [3.05, 3.63) is 11.9 Å². The van der Waals surface area contributed by atoms with Crippen LogP contribution in [0, 0.1) is 0 Å². The van der Waals surface area contributed by atoms with Gasteiger partial charge in [0, 0.05) is 25.7 Å². The van der Waals surface area contributed by atoms with Crippen LogP contribution in [0.15, 0.2) is 6.20 Å². The molecule has 0 radical (unpaired) electrons. The Hall–Kier alpha value is -1.47. The van der Waals surface area contributed by atoms with Gasteiger partial charge in [0.05, 0.1) is 11.9 Å². The summed E-state index contributed by atoms with van der Waals surface area (Å²) in [5, 5.41) is 16.8. The normalized spacial score (nSPS) is 19.7. The molecule has 106 valence electrons. The van der Waals surface area contributed by atoms with Gasteiger partial charge in [-0.1, -0.05) is 5.21 Å². The topological polar surface area (TPSA) is 97.3 Å². The molecule has 3 N–H and O–H groups in total. The molecule has 1 atom stereocenters. The number of hydrogen-bond acceptors (Lipinski definition) is 5. The van der Waals surface area contributed by atoms with Gasteiger partial charge in [0.2, 0.25) is 5.91 Å². The number of piperidine rings is 1. The molecular formula is C12H21N5O2. The van der Waals surface area contributed by atoms with Crippen molar-refractivity contribution in [2.24, 2.45) is 5.73 Å². The maximum atomic E-state index is 12.3. The summed E-state index contributed by atoms with van der Waals surface area (Å²) in [5.74, 6) is 0.0339. The van der Waals surface area contributed by atoms with Crippen molar-refractivity contribution in [1.29, 1.82) is 0 Å². The molecule has 1 aromatic rings. The van der Waals surface area contributed by atoms with Crippen LogP contribution in [0.2, 0.25) is 0 Å². The highest BCUT2D eigenvalue weighted by atomic mass is 16.3. The van der Waals surface area contributed by atoms with Crippen molar-refractivity contribution in [3.8, 4) is 0 Å². The Labute approximate surface area is 112 Å². The number of rotatable bonds is 5. The van der Waals surface area contributed by atoms with Gasteiger partial charge in [0.25, 0.3) is 0 Å². The minimum Gasteiger partial charge on any atom is -0.396 e. The second-order valence-electron chi connectivity index (χ2n) is 4.86. The first kappa shape index (κ1) is 14.0. The summed E-state index contributed by atoms with van der Waals surface area (Å²) in [5.41, 5.74) is 6.14. The van der Waals surface area contributed by atoms with E-state index in [-0.39, 0.29) is 25.1 Å². The molecule has 2 rings (SSSR count). The summed E-state index contributed by atoms with van der Waals surface area (Å²) in [7, 11) is 0. The van der Waals surface area contributed by atoms with E-state index in [1.54, 1.807) is 6.20 Å². The molecule has 1 saturated heterocycles. The van der Waals surface area contributed by atoms with E-state index in [2.05, 4.69) is 10.3 Å². The molecule has 1 aromatic heterocycles. The Morgan fingerprint density at radius 3 is 3.05 bits per heavy atom. The van der Waals surface area contributed by atoms with Gasteiger partial charge in [0.15, 0.2) is 0 Å². The van der Waals surface area contributed by atoms with Crippen LogP contribution in [0.25, 0.3) is 0 Å². The van der Waals surface area contributed by atoms with E-state index in [0.717, 1.165) is 25.8 Å². The SMILES string of the molecule is NCc1cn(CC(=O)N2CCCCC2CCO)nn1. The maximum Gasteiger partial charge on any atom is 0.244 e. The minimum absolute atomic E-state index is 0.0339. The largest absolute Gasteiger partial charge is 0.396 e. The van der Waals surface area contributed by atoms with Gasteiger partial charge in [-0.05, 0) is 25.7 Å². The first-order valence-corrected chi connectivity index (χ1v) is 6.74. The van der Waals surface area contributed by atoms with E-state index in [1.165, 1.54) is 4.68 Å². The van der Waals surface area contributed by atoms with Gasteiger partial charge < -0.3 is 15.7 Å². The van der Waals surface area contributed by atoms with Gasteiger partial charge in [0.1, 0.15) is 6.54 Å². The molecule has 0 saturated carbocycles. The van der Waals surface area contributed by atoms with Gasteiger partial charge in [-0.3, -0.25) is 4.79 Å². The second kappa shape index (κ2) is 6.63. The highest BCUT2D eigenvalue weighted by molar-refractivity contribution is 5.76. The van der Waals surface area contributed by atoms with Gasteiger partial charge in [-0.25, -0.2) is 4.68 Å². The van der Waals surface area contributed by atoms with Crippen molar-refractivity contribution in [1.82, 2.24) is 19.9 Å². The smallest absolute Gasteiger partial charge is 0.244 e. The standard InChI is InChI=1S/C12H21N5O2/c13-7-10-8-16(15-14-10)9-12(19)17-5-2-1-3-11(17)4-6-18/h8,11,18H,1-7,9,13H2. The molecule has 1 aliphatic heterocycles. The molecule has 1 amide bonds. The van der Waals surface area contributed by atoms with Crippen LogP contribution in [0.5, 0.6) is 0 Å². The molecular weight excluding hydrogens is 246 g/mol. The number of carbonyl (C=O) groups excluding carboxylic acids is 1. The number of likely N-dealkylation sites (tertiary alicyclic amines) is 1. The number of nitrogens with two attached hydrogens (primary N) is 1. The van der Waals surface area contributed by atoms with Gasteiger partial charge >= 0.3 is 0 Å². The lowest BCUT2D eigenvalue weighted by atomic mass is 9.99. The quantitative estimate of drug-likeness (QED) is 0.749. The van der Waals surface area contributed by atoms with Crippen molar-refractivity contribution in [2.45, 2.75) is 44.8 Å². The third-order valence-corrected chi connectivity index (χ3v) is 3.50. The molecule has 0 aromatic carbocycles. The summed E-state index contributed by atoms with van der Waals surface area (Å²) in [6.07, 6.45) is 5.46. The van der Waals surface area contributed by atoms with Crippen LogP contribution in [0.1, 0.15) is 31.4 Å². The molecule has 2 heterocycles. The Morgan fingerprint density at radius 2 is 2.37 bits per heavy atom. The summed E-state index contributed by atoms with van der Waals surface area (Å²) in [4.78, 5) is 14.1. The predicted octanol–water partition coefficient (Wildman–Crippen LogP) is -0.500. The van der Waals surface area contributed by atoms with E-state index >= 15 is 0 Å². The zero-order valence-corrected chi connectivity index (χ0v) is 11.0. The highest BCUT2D eigenvalue weighted by Crippen LogP contribution is 2.19. The Balaban J connectivity index is 1.96. The fraction of sp³-hybridized carbons (Fsp3) is 0.750. The zero-order chi connectivity index (χ0) is 13.7. The predicted molar refractivity (Wildman–Crippen MR) is 69.0 cm³/mol. The van der Waals surface area contributed by atoms with Gasteiger partial charge in [-0.2, -0.15) is 0 Å². The van der Waals surface area contributed by atoms with Crippen LogP contribution < -0.4 is 5.73 Å². The number of hydrogen-bond donors (Lipinski definition) is 2. The van der Waals surface area contributed by atoms with Crippen LogP contribution in [0.3, 0.4) is 0 Å². The third-order valence-electron chi connectivity index (χ3n) is 3.50. The lowest BCUT2D eigenvalue weighted by Gasteiger charge is -2.35. The lowest BCUT2D eigenvalue weighted by molar-refractivity contribution is -0.136. The van der Waals surface area contributed by atoms with E-state index in [9.17, 15) is 4.79 Å². The van der Waals surface area contributed by atoms with E-state index in [1.807, 2.05) is 4.90 Å².